The molecule has 1 aromatic carbocycles. The normalized spacial score (nSPS) is 16.0. The van der Waals surface area contributed by atoms with Crippen molar-refractivity contribution in [1.82, 2.24) is 14.6 Å². The van der Waals surface area contributed by atoms with Crippen molar-refractivity contribution in [2.24, 2.45) is 0 Å². The van der Waals surface area contributed by atoms with Crippen LogP contribution in [0.2, 0.25) is 0 Å². The van der Waals surface area contributed by atoms with Gasteiger partial charge in [0.1, 0.15) is 6.61 Å². The number of carbonyl (C=O) groups excluding carboxylic acids is 1. The Bertz CT molecular complexity index is 1080. The highest BCUT2D eigenvalue weighted by Crippen LogP contribution is 2.46. The number of rotatable bonds is 3. The molecule has 0 unspecified atom stereocenters. The fourth-order valence-corrected chi connectivity index (χ4v) is 3.28. The average molecular weight is 381 g/mol. The second kappa shape index (κ2) is 6.63. The molecular formula is C20H19N3O5. The van der Waals surface area contributed by atoms with Crippen molar-refractivity contribution in [3.63, 3.8) is 0 Å². The molecule has 1 saturated carbocycles. The van der Waals surface area contributed by atoms with Gasteiger partial charge in [0.2, 0.25) is 0 Å². The van der Waals surface area contributed by atoms with Gasteiger partial charge in [0, 0.05) is 16.5 Å². The smallest absolute Gasteiger partial charge is 0.338 e. The van der Waals surface area contributed by atoms with E-state index in [1.807, 2.05) is 34.8 Å². The lowest BCUT2D eigenvalue weighted by atomic mass is 10.0. The molecular weight excluding hydrogens is 362 g/mol. The Kier molecular flexibility index (Phi) is 4.26. The summed E-state index contributed by atoms with van der Waals surface area (Å²) in [4.78, 5) is 24.8. The SMILES string of the molecule is COc1ccc(-c2ccc3c(c2)COC3=O)n2nc(C3(C)CC3)nc12.O=CO. The first kappa shape index (κ1) is 18.0. The Balaban J connectivity index is 0.000000604. The monoisotopic (exact) mass is 381 g/mol. The van der Waals surface area contributed by atoms with Crippen LogP contribution in [0.3, 0.4) is 0 Å². The molecule has 28 heavy (non-hydrogen) atoms. The molecule has 144 valence electrons. The third kappa shape index (κ3) is 2.87. The Morgan fingerprint density at radius 3 is 2.71 bits per heavy atom. The van der Waals surface area contributed by atoms with Crippen LogP contribution in [-0.2, 0) is 21.6 Å². The fraction of sp³-hybridized carbons (Fsp3) is 0.300. The number of hydrogen-bond donors (Lipinski definition) is 1. The molecule has 3 heterocycles. The number of carboxylic acid groups (broad SMARTS) is 1. The lowest BCUT2D eigenvalue weighted by Crippen LogP contribution is -2.03. The Morgan fingerprint density at radius 2 is 2.04 bits per heavy atom. The van der Waals surface area contributed by atoms with Gasteiger partial charge in [0.05, 0.1) is 18.4 Å². The second-order valence-electron chi connectivity index (χ2n) is 7.07. The summed E-state index contributed by atoms with van der Waals surface area (Å²) in [5.74, 6) is 1.30. The summed E-state index contributed by atoms with van der Waals surface area (Å²) in [6.45, 7) is 2.26. The van der Waals surface area contributed by atoms with E-state index in [-0.39, 0.29) is 17.9 Å². The first-order valence-electron chi connectivity index (χ1n) is 8.83. The highest BCUT2D eigenvalue weighted by atomic mass is 16.5. The van der Waals surface area contributed by atoms with Gasteiger partial charge in [-0.05, 0) is 37.1 Å². The maximum Gasteiger partial charge on any atom is 0.338 e. The molecule has 0 spiro atoms. The molecule has 2 aliphatic rings. The van der Waals surface area contributed by atoms with Crippen LogP contribution in [0.1, 0.15) is 41.5 Å². The summed E-state index contributed by atoms with van der Waals surface area (Å²) in [6.07, 6.45) is 2.22. The number of nitrogens with zero attached hydrogens (tertiary/aromatic N) is 3. The van der Waals surface area contributed by atoms with Gasteiger partial charge < -0.3 is 14.6 Å². The number of ether oxygens (including phenoxy) is 2. The van der Waals surface area contributed by atoms with Gasteiger partial charge in [-0.1, -0.05) is 13.0 Å². The molecule has 0 atom stereocenters. The molecule has 0 amide bonds. The van der Waals surface area contributed by atoms with E-state index in [1.54, 1.807) is 7.11 Å². The van der Waals surface area contributed by atoms with Crippen LogP contribution < -0.4 is 4.74 Å². The van der Waals surface area contributed by atoms with Crippen molar-refractivity contribution in [3.8, 4) is 17.0 Å². The predicted octanol–water partition coefficient (Wildman–Crippen LogP) is 2.83. The van der Waals surface area contributed by atoms with Crippen LogP contribution in [0.4, 0.5) is 0 Å². The maximum atomic E-state index is 11.7. The number of hydrogen-bond acceptors (Lipinski definition) is 6. The van der Waals surface area contributed by atoms with Gasteiger partial charge in [-0.3, -0.25) is 4.79 Å². The number of benzene rings is 1. The maximum absolute atomic E-state index is 11.7. The van der Waals surface area contributed by atoms with Gasteiger partial charge >= 0.3 is 5.97 Å². The van der Waals surface area contributed by atoms with Crippen molar-refractivity contribution < 1.29 is 24.2 Å². The Hall–Kier alpha value is -3.42. The molecule has 8 heteroatoms. The number of carbonyl (C=O) groups is 2. The van der Waals surface area contributed by atoms with Crippen molar-refractivity contribution in [1.29, 1.82) is 0 Å². The number of aromatic nitrogens is 3. The van der Waals surface area contributed by atoms with Gasteiger partial charge in [0.15, 0.2) is 17.2 Å². The molecule has 1 fully saturated rings. The highest BCUT2D eigenvalue weighted by Gasteiger charge is 2.43. The van der Waals surface area contributed by atoms with E-state index in [4.69, 9.17) is 29.5 Å². The summed E-state index contributed by atoms with van der Waals surface area (Å²) >= 11 is 0. The summed E-state index contributed by atoms with van der Waals surface area (Å²) < 4.78 is 12.4. The Labute approximate surface area is 160 Å². The molecule has 5 rings (SSSR count). The molecule has 8 nitrogen and oxygen atoms in total. The number of methoxy groups -OCH3 is 1. The van der Waals surface area contributed by atoms with Crippen LogP contribution >= 0.6 is 0 Å². The number of pyridine rings is 1. The third-order valence-electron chi connectivity index (χ3n) is 5.19. The summed E-state index contributed by atoms with van der Waals surface area (Å²) in [6, 6.07) is 9.61. The molecule has 0 radical (unpaired) electrons. The third-order valence-corrected chi connectivity index (χ3v) is 5.19. The van der Waals surface area contributed by atoms with E-state index in [0.717, 1.165) is 41.1 Å². The number of esters is 1. The number of cyclic esters (lactones) is 1. The van der Waals surface area contributed by atoms with Gasteiger partial charge in [-0.25, -0.2) is 14.3 Å². The van der Waals surface area contributed by atoms with E-state index >= 15 is 0 Å². The van der Waals surface area contributed by atoms with Crippen LogP contribution in [0.5, 0.6) is 5.75 Å². The van der Waals surface area contributed by atoms with Crippen molar-refractivity contribution in [2.75, 3.05) is 7.11 Å². The molecule has 3 aromatic rings. The average Bonchev–Trinajstić information content (AvgIpc) is 3.13. The molecule has 0 bridgehead atoms. The van der Waals surface area contributed by atoms with Crippen LogP contribution in [-0.4, -0.2) is 39.3 Å². The van der Waals surface area contributed by atoms with Gasteiger partial charge in [-0.2, -0.15) is 0 Å². The lowest BCUT2D eigenvalue weighted by molar-refractivity contribution is -0.122. The second-order valence-corrected chi connectivity index (χ2v) is 7.07. The molecule has 2 aromatic heterocycles. The zero-order valence-corrected chi connectivity index (χ0v) is 15.5. The van der Waals surface area contributed by atoms with Crippen LogP contribution in [0.25, 0.3) is 16.9 Å². The Morgan fingerprint density at radius 1 is 1.29 bits per heavy atom. The first-order chi connectivity index (χ1) is 13.5. The summed E-state index contributed by atoms with van der Waals surface area (Å²) in [5, 5.41) is 11.7. The largest absolute Gasteiger partial charge is 0.493 e. The highest BCUT2D eigenvalue weighted by molar-refractivity contribution is 5.94. The van der Waals surface area contributed by atoms with Gasteiger partial charge in [-0.15, -0.1) is 5.10 Å². The van der Waals surface area contributed by atoms with E-state index in [0.29, 0.717) is 17.9 Å². The van der Waals surface area contributed by atoms with Crippen LogP contribution in [0, 0.1) is 0 Å². The quantitative estimate of drug-likeness (QED) is 0.550. The van der Waals surface area contributed by atoms with Gasteiger partial charge in [0.25, 0.3) is 6.47 Å². The predicted molar refractivity (Wildman–Crippen MR) is 99.4 cm³/mol. The van der Waals surface area contributed by atoms with Crippen molar-refractivity contribution in [2.45, 2.75) is 31.8 Å². The minimum absolute atomic E-state index is 0.0759. The van der Waals surface area contributed by atoms with E-state index in [9.17, 15) is 4.79 Å². The van der Waals surface area contributed by atoms with Crippen molar-refractivity contribution in [3.05, 3.63) is 47.3 Å². The number of fused-ring (bicyclic) bond motifs is 2. The van der Waals surface area contributed by atoms with Crippen LogP contribution in [0.15, 0.2) is 30.3 Å². The molecule has 1 aliphatic carbocycles. The van der Waals surface area contributed by atoms with Crippen molar-refractivity contribution >= 4 is 18.1 Å². The van der Waals surface area contributed by atoms with E-state index < -0.39 is 0 Å². The first-order valence-corrected chi connectivity index (χ1v) is 8.83. The fourth-order valence-electron chi connectivity index (χ4n) is 3.28. The lowest BCUT2D eigenvalue weighted by Gasteiger charge is -2.08. The minimum atomic E-state index is -0.258. The standard InChI is InChI=1S/C19H17N3O3.CH2O2/c1-19(7-8-19)18-20-16-15(24-2)6-5-14(22(16)21-18)11-3-4-13-12(9-11)10-25-17(13)23;2-1-3/h3-6,9H,7-8,10H2,1-2H3;1H,(H,2,3). The molecule has 0 saturated heterocycles. The summed E-state index contributed by atoms with van der Waals surface area (Å²) in [7, 11) is 1.64. The topological polar surface area (TPSA) is 103 Å². The zero-order chi connectivity index (χ0) is 19.9. The molecule has 1 N–H and O–H groups in total. The zero-order valence-electron chi connectivity index (χ0n) is 15.5. The summed E-state index contributed by atoms with van der Waals surface area (Å²) in [5.41, 5.74) is 4.23. The van der Waals surface area contributed by atoms with E-state index in [2.05, 4.69) is 6.92 Å². The van der Waals surface area contributed by atoms with E-state index in [1.165, 1.54) is 0 Å². The molecule has 1 aliphatic heterocycles. The minimum Gasteiger partial charge on any atom is -0.493 e.